The van der Waals surface area contributed by atoms with Crippen molar-refractivity contribution >= 4 is 17.9 Å². The molecular weight excluding hydrogens is 176 g/mol. The molecule has 0 spiro atoms. The molecule has 0 saturated carbocycles. The molecule has 0 aliphatic rings. The lowest BCUT2D eigenvalue weighted by molar-refractivity contribution is 0.154. The van der Waals surface area contributed by atoms with Crippen molar-refractivity contribution in [1.82, 2.24) is 0 Å². The topological polar surface area (TPSA) is 26.3 Å². The molecule has 0 aliphatic heterocycles. The van der Waals surface area contributed by atoms with Crippen molar-refractivity contribution in [2.45, 2.75) is 6.10 Å². The molecule has 0 saturated heterocycles. The highest BCUT2D eigenvalue weighted by Gasteiger charge is 2.12. The van der Waals surface area contributed by atoms with Gasteiger partial charge in [0.05, 0.1) is 0 Å². The van der Waals surface area contributed by atoms with Gasteiger partial charge in [-0.05, 0) is 6.07 Å². The predicted octanol–water partition coefficient (Wildman–Crippen LogP) is 2.14. The Morgan fingerprint density at radius 1 is 1.50 bits per heavy atom. The largest absolute Gasteiger partial charge is 0.368 e. The predicted molar refractivity (Wildman–Crippen MR) is 46.9 cm³/mol. The summed E-state index contributed by atoms with van der Waals surface area (Å²) in [7, 11) is 1.44. The standard InChI is InChI=1S/C9H8ClO2/c1-12-9(6-11)7-4-2-3-5-8(7)10/h2-5,9H,1H3/t9-/m0/s1. The number of benzene rings is 1. The summed E-state index contributed by atoms with van der Waals surface area (Å²) >= 11 is 5.82. The Balaban J connectivity index is 3.00. The first-order valence-electron chi connectivity index (χ1n) is 3.44. The fraction of sp³-hybridized carbons (Fsp3) is 0.222. The third kappa shape index (κ3) is 1.84. The molecule has 1 rings (SSSR count). The van der Waals surface area contributed by atoms with Crippen LogP contribution in [0.4, 0.5) is 0 Å². The number of hydrogen-bond acceptors (Lipinski definition) is 2. The van der Waals surface area contributed by atoms with Crippen LogP contribution in [0, 0.1) is 0 Å². The van der Waals surface area contributed by atoms with Crippen molar-refractivity contribution < 1.29 is 9.53 Å². The van der Waals surface area contributed by atoms with Gasteiger partial charge in [0.1, 0.15) is 6.10 Å². The molecule has 12 heavy (non-hydrogen) atoms. The number of hydrogen-bond donors (Lipinski definition) is 0. The molecule has 0 bridgehead atoms. The molecule has 0 unspecified atom stereocenters. The molecule has 0 fully saturated rings. The third-order valence-electron chi connectivity index (χ3n) is 1.53. The van der Waals surface area contributed by atoms with Crippen LogP contribution in [-0.2, 0) is 9.53 Å². The molecule has 63 valence electrons. The second-order valence-electron chi connectivity index (χ2n) is 2.26. The van der Waals surface area contributed by atoms with E-state index in [9.17, 15) is 4.79 Å². The summed E-state index contributed by atoms with van der Waals surface area (Å²) in [4.78, 5) is 10.4. The molecular formula is C9H8ClO2. The maximum atomic E-state index is 10.4. The van der Waals surface area contributed by atoms with E-state index in [1.807, 2.05) is 0 Å². The molecule has 1 atom stereocenters. The van der Waals surface area contributed by atoms with Crippen molar-refractivity contribution in [1.29, 1.82) is 0 Å². The summed E-state index contributed by atoms with van der Waals surface area (Å²) in [6.07, 6.45) is 1.07. The first-order chi connectivity index (χ1) is 5.79. The zero-order valence-electron chi connectivity index (χ0n) is 6.58. The molecule has 1 radical (unpaired) electrons. The van der Waals surface area contributed by atoms with Crippen molar-refractivity contribution in [3.8, 4) is 0 Å². The van der Waals surface area contributed by atoms with E-state index < -0.39 is 6.10 Å². The van der Waals surface area contributed by atoms with E-state index in [1.54, 1.807) is 30.6 Å². The van der Waals surface area contributed by atoms with Gasteiger partial charge in [0, 0.05) is 17.7 Å². The first kappa shape index (κ1) is 9.23. The van der Waals surface area contributed by atoms with Crippen LogP contribution >= 0.6 is 11.6 Å². The number of halogens is 1. The van der Waals surface area contributed by atoms with E-state index >= 15 is 0 Å². The summed E-state index contributed by atoms with van der Waals surface area (Å²) < 4.78 is 4.86. The normalized spacial score (nSPS) is 12.5. The molecule has 2 nitrogen and oxygen atoms in total. The monoisotopic (exact) mass is 183 g/mol. The molecule has 3 heteroatoms. The first-order valence-corrected chi connectivity index (χ1v) is 3.82. The Bertz CT molecular complexity index is 273. The summed E-state index contributed by atoms with van der Waals surface area (Å²) in [5.74, 6) is 0. The van der Waals surface area contributed by atoms with Crippen LogP contribution in [0.2, 0.25) is 5.02 Å². The second-order valence-corrected chi connectivity index (χ2v) is 2.66. The lowest BCUT2D eigenvalue weighted by Gasteiger charge is -2.08. The summed E-state index contributed by atoms with van der Waals surface area (Å²) in [6, 6.07) is 7.04. The summed E-state index contributed by atoms with van der Waals surface area (Å²) in [5, 5.41) is 0.521. The Kier molecular flexibility index (Phi) is 3.26. The molecule has 0 aliphatic carbocycles. The van der Waals surface area contributed by atoms with Crippen LogP contribution in [0.15, 0.2) is 24.3 Å². The van der Waals surface area contributed by atoms with Crippen LogP contribution in [0.5, 0.6) is 0 Å². The zero-order valence-corrected chi connectivity index (χ0v) is 7.34. The Morgan fingerprint density at radius 3 is 2.67 bits per heavy atom. The average Bonchev–Trinajstić information content (AvgIpc) is 2.10. The molecule has 0 amide bonds. The molecule has 0 N–H and O–H groups in total. The van der Waals surface area contributed by atoms with Gasteiger partial charge in [-0.3, -0.25) is 4.79 Å². The minimum absolute atomic E-state index is 0.521. The van der Waals surface area contributed by atoms with Gasteiger partial charge in [0.15, 0.2) is 0 Å². The lowest BCUT2D eigenvalue weighted by Crippen LogP contribution is -2.02. The molecule has 1 aromatic carbocycles. The lowest BCUT2D eigenvalue weighted by atomic mass is 10.1. The quantitative estimate of drug-likeness (QED) is 0.718. The van der Waals surface area contributed by atoms with Gasteiger partial charge in [0.25, 0.3) is 0 Å². The van der Waals surface area contributed by atoms with Crippen LogP contribution in [0.25, 0.3) is 0 Å². The van der Waals surface area contributed by atoms with Crippen LogP contribution < -0.4 is 0 Å². The van der Waals surface area contributed by atoms with Gasteiger partial charge >= 0.3 is 0 Å². The van der Waals surface area contributed by atoms with Gasteiger partial charge in [-0.2, -0.15) is 0 Å². The van der Waals surface area contributed by atoms with E-state index in [1.165, 1.54) is 7.11 Å². The SMILES string of the molecule is CO[C@@H]([C]=O)c1ccccc1Cl. The maximum absolute atomic E-state index is 10.4. The van der Waals surface area contributed by atoms with E-state index in [2.05, 4.69) is 0 Å². The van der Waals surface area contributed by atoms with Crippen LogP contribution in [-0.4, -0.2) is 13.4 Å². The minimum atomic E-state index is -0.682. The molecule has 1 aromatic rings. The Labute approximate surface area is 76.1 Å². The highest BCUT2D eigenvalue weighted by Crippen LogP contribution is 2.22. The van der Waals surface area contributed by atoms with Crippen molar-refractivity contribution in [3.05, 3.63) is 34.9 Å². The summed E-state index contributed by atoms with van der Waals surface area (Å²) in [5.41, 5.74) is 0.650. The van der Waals surface area contributed by atoms with Crippen LogP contribution in [0.1, 0.15) is 11.7 Å². The molecule has 0 aromatic heterocycles. The smallest absolute Gasteiger partial charge is 0.234 e. The van der Waals surface area contributed by atoms with Gasteiger partial charge in [-0.15, -0.1) is 0 Å². The Hall–Kier alpha value is -0.860. The van der Waals surface area contributed by atoms with Gasteiger partial charge in [-0.1, -0.05) is 29.8 Å². The van der Waals surface area contributed by atoms with E-state index in [4.69, 9.17) is 16.3 Å². The number of ether oxygens (including phenoxy) is 1. The van der Waals surface area contributed by atoms with Gasteiger partial charge in [0.2, 0.25) is 6.29 Å². The fourth-order valence-electron chi connectivity index (χ4n) is 0.926. The average molecular weight is 184 g/mol. The van der Waals surface area contributed by atoms with Crippen LogP contribution in [0.3, 0.4) is 0 Å². The zero-order chi connectivity index (χ0) is 8.97. The van der Waals surface area contributed by atoms with E-state index in [0.29, 0.717) is 10.6 Å². The highest BCUT2D eigenvalue weighted by atomic mass is 35.5. The van der Waals surface area contributed by atoms with E-state index in [-0.39, 0.29) is 0 Å². The number of methoxy groups -OCH3 is 1. The second kappa shape index (κ2) is 4.24. The Morgan fingerprint density at radius 2 is 2.17 bits per heavy atom. The summed E-state index contributed by atoms with van der Waals surface area (Å²) in [6.45, 7) is 0. The van der Waals surface area contributed by atoms with E-state index in [0.717, 1.165) is 0 Å². The fourth-order valence-corrected chi connectivity index (χ4v) is 1.16. The van der Waals surface area contributed by atoms with Gasteiger partial charge in [-0.25, -0.2) is 0 Å². The van der Waals surface area contributed by atoms with Crippen molar-refractivity contribution in [3.63, 3.8) is 0 Å². The van der Waals surface area contributed by atoms with Crippen molar-refractivity contribution in [2.24, 2.45) is 0 Å². The third-order valence-corrected chi connectivity index (χ3v) is 1.87. The maximum Gasteiger partial charge on any atom is 0.234 e. The number of rotatable bonds is 3. The number of carbonyl (C=O) groups excluding carboxylic acids is 1. The van der Waals surface area contributed by atoms with Gasteiger partial charge < -0.3 is 4.74 Å². The minimum Gasteiger partial charge on any atom is -0.368 e. The highest BCUT2D eigenvalue weighted by molar-refractivity contribution is 6.31. The van der Waals surface area contributed by atoms with Crippen molar-refractivity contribution in [2.75, 3.05) is 7.11 Å². The molecule has 0 heterocycles.